The van der Waals surface area contributed by atoms with Gasteiger partial charge in [0, 0.05) is 43.6 Å². The van der Waals surface area contributed by atoms with Gasteiger partial charge in [0.2, 0.25) is 0 Å². The molecule has 0 amide bonds. The van der Waals surface area contributed by atoms with Crippen molar-refractivity contribution in [2.45, 2.75) is 0 Å². The number of hydrogen-bond acceptors (Lipinski definition) is 5. The van der Waals surface area contributed by atoms with Gasteiger partial charge in [-0.2, -0.15) is 0 Å². The Morgan fingerprint density at radius 1 is 0.293 bits per heavy atom. The first-order valence-corrected chi connectivity index (χ1v) is 19.4. The van der Waals surface area contributed by atoms with Crippen molar-refractivity contribution in [2.24, 2.45) is 0 Å². The van der Waals surface area contributed by atoms with E-state index in [0.29, 0.717) is 17.5 Å². The van der Waals surface area contributed by atoms with Gasteiger partial charge >= 0.3 is 0 Å². The van der Waals surface area contributed by atoms with Crippen LogP contribution < -0.4 is 0 Å². The molecule has 5 heteroatoms. The first-order valence-electron chi connectivity index (χ1n) is 19.4. The quantitative estimate of drug-likeness (QED) is 0.176. The lowest BCUT2D eigenvalue weighted by Crippen LogP contribution is -2.00. The minimum absolute atomic E-state index is 0.557. The minimum atomic E-state index is 0.557. The highest BCUT2D eigenvalue weighted by Crippen LogP contribution is 2.41. The van der Waals surface area contributed by atoms with Crippen LogP contribution in [0.2, 0.25) is 0 Å². The van der Waals surface area contributed by atoms with E-state index in [1.807, 2.05) is 36.4 Å². The molecule has 0 N–H and O–H groups in total. The molecule has 0 atom stereocenters. The third-order valence-corrected chi connectivity index (χ3v) is 11.3. The summed E-state index contributed by atoms with van der Waals surface area (Å²) in [5, 5.41) is 8.58. The first-order chi connectivity index (χ1) is 28.7. The van der Waals surface area contributed by atoms with Gasteiger partial charge < -0.3 is 8.83 Å². The number of aromatic nitrogens is 3. The maximum absolute atomic E-state index is 6.75. The maximum atomic E-state index is 6.75. The molecule has 270 valence electrons. The standard InChI is InChI=1S/C53H31N3O2/c1-3-12-32(13-4-1)34-22-23-36-29-37(25-24-35(36)28-34)51-54-52(56-53(55-51)43-19-11-21-47-49(43)42-18-9-10-20-46(42)57-47)38-26-27-40-45-31-44(33-14-5-2-6-15-33)39-16-7-8-17-41(39)50(45)58-48(40)30-38/h1-31H. The molecule has 3 aromatic heterocycles. The van der Waals surface area contributed by atoms with Crippen LogP contribution in [0.5, 0.6) is 0 Å². The Labute approximate surface area is 332 Å². The van der Waals surface area contributed by atoms with Crippen molar-refractivity contribution < 1.29 is 8.83 Å². The predicted octanol–water partition coefficient (Wildman–Crippen LogP) is 14.3. The van der Waals surface area contributed by atoms with Gasteiger partial charge in [0.25, 0.3) is 0 Å². The molecular formula is C53H31N3O2. The van der Waals surface area contributed by atoms with Crippen LogP contribution in [0.25, 0.3) is 122 Å². The second-order valence-corrected chi connectivity index (χ2v) is 14.8. The number of nitrogens with zero attached hydrogens (tertiary/aromatic N) is 3. The second-order valence-electron chi connectivity index (χ2n) is 14.8. The third kappa shape index (κ3) is 5.21. The SMILES string of the molecule is c1ccc(-c2ccc3cc(-c4nc(-c5ccc6c(c5)oc5c7ccccc7c(-c7ccccc7)cc65)nc(-c5cccc6oc7ccccc7c56)n4)ccc3c2)cc1. The number of rotatable bonds is 5. The lowest BCUT2D eigenvalue weighted by Gasteiger charge is -2.10. The van der Waals surface area contributed by atoms with E-state index in [1.165, 1.54) is 22.3 Å². The molecule has 0 aliphatic carbocycles. The molecule has 0 aliphatic rings. The summed E-state index contributed by atoms with van der Waals surface area (Å²) in [6.07, 6.45) is 0. The highest BCUT2D eigenvalue weighted by Gasteiger charge is 2.20. The Hall–Kier alpha value is -7.89. The smallest absolute Gasteiger partial charge is 0.164 e. The summed E-state index contributed by atoms with van der Waals surface area (Å²) in [4.78, 5) is 15.6. The summed E-state index contributed by atoms with van der Waals surface area (Å²) in [5.41, 5.74) is 10.6. The Morgan fingerprint density at radius 2 is 0.897 bits per heavy atom. The topological polar surface area (TPSA) is 65.0 Å². The first kappa shape index (κ1) is 32.4. The van der Waals surface area contributed by atoms with E-state index in [1.54, 1.807) is 0 Å². The summed E-state index contributed by atoms with van der Waals surface area (Å²) in [7, 11) is 0. The lowest BCUT2D eigenvalue weighted by molar-refractivity contribution is 0.669. The van der Waals surface area contributed by atoms with Crippen molar-refractivity contribution in [3.8, 4) is 56.4 Å². The summed E-state index contributed by atoms with van der Waals surface area (Å²) in [6.45, 7) is 0. The van der Waals surface area contributed by atoms with Crippen LogP contribution in [0.1, 0.15) is 0 Å². The van der Waals surface area contributed by atoms with E-state index < -0.39 is 0 Å². The molecule has 9 aromatic carbocycles. The summed E-state index contributed by atoms with van der Waals surface area (Å²) < 4.78 is 13.0. The Kier molecular flexibility index (Phi) is 7.16. The van der Waals surface area contributed by atoms with Crippen molar-refractivity contribution >= 4 is 65.4 Å². The molecule has 0 bridgehead atoms. The lowest BCUT2D eigenvalue weighted by atomic mass is 9.95. The fourth-order valence-electron chi connectivity index (χ4n) is 8.50. The van der Waals surface area contributed by atoms with Crippen LogP contribution in [0.3, 0.4) is 0 Å². The molecule has 0 saturated carbocycles. The van der Waals surface area contributed by atoms with Gasteiger partial charge in [0.15, 0.2) is 17.5 Å². The molecule has 0 aliphatic heterocycles. The van der Waals surface area contributed by atoms with E-state index in [4.69, 9.17) is 23.8 Å². The molecule has 0 radical (unpaired) electrons. The Bertz CT molecular complexity index is 3570. The van der Waals surface area contributed by atoms with E-state index in [0.717, 1.165) is 82.1 Å². The van der Waals surface area contributed by atoms with Crippen molar-refractivity contribution in [2.75, 3.05) is 0 Å². The largest absolute Gasteiger partial charge is 0.456 e. The fourth-order valence-corrected chi connectivity index (χ4v) is 8.50. The number of hydrogen-bond donors (Lipinski definition) is 0. The number of para-hydroxylation sites is 1. The van der Waals surface area contributed by atoms with Gasteiger partial charge in [-0.25, -0.2) is 15.0 Å². The van der Waals surface area contributed by atoms with Crippen molar-refractivity contribution in [3.05, 3.63) is 188 Å². The number of fused-ring (bicyclic) bond motifs is 9. The molecule has 0 fully saturated rings. The number of benzene rings is 9. The van der Waals surface area contributed by atoms with Crippen molar-refractivity contribution in [3.63, 3.8) is 0 Å². The molecule has 0 spiro atoms. The van der Waals surface area contributed by atoms with Gasteiger partial charge in [-0.3, -0.25) is 0 Å². The van der Waals surface area contributed by atoms with Crippen LogP contribution in [-0.4, -0.2) is 15.0 Å². The van der Waals surface area contributed by atoms with Crippen molar-refractivity contribution in [1.82, 2.24) is 15.0 Å². The second kappa shape index (κ2) is 12.8. The van der Waals surface area contributed by atoms with E-state index in [9.17, 15) is 0 Å². The highest BCUT2D eigenvalue weighted by atomic mass is 16.3. The Morgan fingerprint density at radius 3 is 1.69 bits per heavy atom. The summed E-state index contributed by atoms with van der Waals surface area (Å²) in [6, 6.07) is 65.2. The van der Waals surface area contributed by atoms with Gasteiger partial charge in [-0.05, 0) is 80.9 Å². The van der Waals surface area contributed by atoms with Gasteiger partial charge in [0.1, 0.15) is 22.3 Å². The van der Waals surface area contributed by atoms with E-state index >= 15 is 0 Å². The average molecular weight is 742 g/mol. The molecule has 0 unspecified atom stereocenters. The van der Waals surface area contributed by atoms with Crippen LogP contribution in [0.15, 0.2) is 197 Å². The highest BCUT2D eigenvalue weighted by molar-refractivity contribution is 6.19. The minimum Gasteiger partial charge on any atom is -0.456 e. The average Bonchev–Trinajstić information content (AvgIpc) is 3.87. The van der Waals surface area contributed by atoms with Gasteiger partial charge in [0.05, 0.1) is 0 Å². The van der Waals surface area contributed by atoms with E-state index in [2.05, 4.69) is 152 Å². The Balaban J connectivity index is 1.05. The zero-order valence-electron chi connectivity index (χ0n) is 31.1. The third-order valence-electron chi connectivity index (χ3n) is 11.3. The van der Waals surface area contributed by atoms with Crippen LogP contribution in [0.4, 0.5) is 0 Å². The summed E-state index contributed by atoms with van der Waals surface area (Å²) in [5.74, 6) is 1.71. The van der Waals surface area contributed by atoms with Crippen LogP contribution in [0, 0.1) is 0 Å². The monoisotopic (exact) mass is 741 g/mol. The van der Waals surface area contributed by atoms with Crippen molar-refractivity contribution in [1.29, 1.82) is 0 Å². The molecule has 5 nitrogen and oxygen atoms in total. The molecule has 0 saturated heterocycles. The summed E-state index contributed by atoms with van der Waals surface area (Å²) >= 11 is 0. The van der Waals surface area contributed by atoms with Gasteiger partial charge in [-0.15, -0.1) is 0 Å². The van der Waals surface area contributed by atoms with Crippen LogP contribution in [-0.2, 0) is 0 Å². The van der Waals surface area contributed by atoms with E-state index in [-0.39, 0.29) is 0 Å². The normalized spacial score (nSPS) is 11.8. The number of furan rings is 2. The molecule has 12 rings (SSSR count). The molecular weight excluding hydrogens is 711 g/mol. The maximum Gasteiger partial charge on any atom is 0.164 e. The van der Waals surface area contributed by atoms with Gasteiger partial charge in [-0.1, -0.05) is 146 Å². The van der Waals surface area contributed by atoms with Crippen LogP contribution >= 0.6 is 0 Å². The molecule has 3 heterocycles. The predicted molar refractivity (Wildman–Crippen MR) is 237 cm³/mol. The zero-order chi connectivity index (χ0) is 38.2. The molecule has 12 aromatic rings. The fraction of sp³-hybridized carbons (Fsp3) is 0. The zero-order valence-corrected chi connectivity index (χ0v) is 31.1. The molecule has 58 heavy (non-hydrogen) atoms.